The van der Waals surface area contributed by atoms with Crippen molar-refractivity contribution in [3.63, 3.8) is 0 Å². The molecule has 0 radical (unpaired) electrons. The Hall–Kier alpha value is -1.51. The number of hydrogen-bond acceptors (Lipinski definition) is 2. The van der Waals surface area contributed by atoms with Crippen LogP contribution in [-0.4, -0.2) is 12.3 Å². The van der Waals surface area contributed by atoms with Gasteiger partial charge in [-0.25, -0.2) is 0 Å². The van der Waals surface area contributed by atoms with Crippen LogP contribution < -0.4 is 5.32 Å². The van der Waals surface area contributed by atoms with Crippen molar-refractivity contribution in [1.29, 1.82) is 0 Å². The first-order valence-corrected chi connectivity index (χ1v) is 7.67. The highest BCUT2D eigenvalue weighted by atomic mass is 35.5. The molecule has 0 aliphatic rings. The highest BCUT2D eigenvalue weighted by Crippen LogP contribution is 2.21. The summed E-state index contributed by atoms with van der Waals surface area (Å²) in [6.07, 6.45) is 1.34. The molecule has 0 bridgehead atoms. The second-order valence-electron chi connectivity index (χ2n) is 4.77. The zero-order valence-corrected chi connectivity index (χ0v) is 13.3. The lowest BCUT2D eigenvalue weighted by Crippen LogP contribution is -2.05. The molecule has 4 heteroatoms. The number of hydrogen-bond donors (Lipinski definition) is 1. The van der Waals surface area contributed by atoms with Crippen molar-refractivity contribution >= 4 is 34.7 Å². The predicted molar refractivity (Wildman–Crippen MR) is 89.7 cm³/mol. The summed E-state index contributed by atoms with van der Waals surface area (Å²) in [5, 5.41) is 4.65. The molecular formula is C17H17Cl2NO. The smallest absolute Gasteiger partial charge is 0.162 e. The molecule has 21 heavy (non-hydrogen) atoms. The molecule has 0 aliphatic carbocycles. The first-order valence-electron chi connectivity index (χ1n) is 6.91. The first-order chi connectivity index (χ1) is 10.1. The van der Waals surface area contributed by atoms with Crippen molar-refractivity contribution in [3.8, 4) is 0 Å². The fraction of sp³-hybridized carbons (Fsp3) is 0.235. The minimum Gasteiger partial charge on any atom is -0.385 e. The van der Waals surface area contributed by atoms with E-state index in [9.17, 15) is 4.79 Å². The molecule has 0 unspecified atom stereocenters. The van der Waals surface area contributed by atoms with Crippen molar-refractivity contribution in [2.24, 2.45) is 0 Å². The fourth-order valence-corrected chi connectivity index (χ4v) is 2.55. The summed E-state index contributed by atoms with van der Waals surface area (Å²) < 4.78 is 0. The Morgan fingerprint density at radius 1 is 1.10 bits per heavy atom. The lowest BCUT2D eigenvalue weighted by molar-refractivity contribution is 0.0988. The van der Waals surface area contributed by atoms with E-state index in [1.54, 1.807) is 6.07 Å². The Balaban J connectivity index is 1.90. The number of ketones is 1. The first kappa shape index (κ1) is 15.9. The minimum absolute atomic E-state index is 0.162. The van der Waals surface area contributed by atoms with E-state index in [2.05, 4.69) is 5.32 Å². The monoisotopic (exact) mass is 321 g/mol. The molecule has 0 heterocycles. The van der Waals surface area contributed by atoms with Gasteiger partial charge in [-0.15, -0.1) is 0 Å². The molecule has 0 amide bonds. The molecular weight excluding hydrogens is 305 g/mol. The Kier molecular flexibility index (Phi) is 5.66. The molecule has 2 aromatic rings. The summed E-state index contributed by atoms with van der Waals surface area (Å²) in [5.41, 5.74) is 2.81. The molecule has 110 valence electrons. The normalized spacial score (nSPS) is 10.4. The van der Waals surface area contributed by atoms with Crippen molar-refractivity contribution in [2.75, 3.05) is 11.9 Å². The van der Waals surface area contributed by atoms with E-state index in [0.29, 0.717) is 16.5 Å². The molecule has 0 atom stereocenters. The molecule has 0 fully saturated rings. The average molecular weight is 322 g/mol. The number of carbonyl (C=O) groups excluding carboxylic acids is 1. The van der Waals surface area contributed by atoms with Crippen LogP contribution in [0.3, 0.4) is 0 Å². The molecule has 1 N–H and O–H groups in total. The molecule has 0 saturated heterocycles. The Morgan fingerprint density at radius 3 is 2.43 bits per heavy atom. The maximum atomic E-state index is 11.5. The highest BCUT2D eigenvalue weighted by Gasteiger charge is 2.03. The number of anilines is 1. The number of nitrogens with one attached hydrogen (secondary N) is 1. The fourth-order valence-electron chi connectivity index (χ4n) is 2.04. The Labute approximate surface area is 135 Å². The van der Waals surface area contributed by atoms with Crippen LogP contribution in [0.1, 0.15) is 29.3 Å². The number of rotatable bonds is 6. The summed E-state index contributed by atoms with van der Waals surface area (Å²) in [7, 11) is 0. The van der Waals surface area contributed by atoms with Crippen LogP contribution >= 0.6 is 23.2 Å². The Bertz CT molecular complexity index is 623. The minimum atomic E-state index is 0.162. The average Bonchev–Trinajstić information content (AvgIpc) is 2.49. The second kappa shape index (κ2) is 7.48. The molecule has 0 aromatic heterocycles. The summed E-state index contributed by atoms with van der Waals surface area (Å²) >= 11 is 12.0. The van der Waals surface area contributed by atoms with Crippen LogP contribution in [0.25, 0.3) is 0 Å². The largest absolute Gasteiger partial charge is 0.385 e. The van der Waals surface area contributed by atoms with Gasteiger partial charge >= 0.3 is 0 Å². The Morgan fingerprint density at radius 2 is 1.81 bits per heavy atom. The van der Waals surface area contributed by atoms with Crippen LogP contribution in [0.4, 0.5) is 5.69 Å². The number of benzene rings is 2. The molecule has 0 saturated carbocycles. The zero-order valence-electron chi connectivity index (χ0n) is 11.8. The lowest BCUT2D eigenvalue weighted by atomic mass is 10.1. The van der Waals surface area contributed by atoms with Gasteiger partial charge in [0, 0.05) is 34.3 Å². The van der Waals surface area contributed by atoms with Crippen LogP contribution in [0.2, 0.25) is 10.0 Å². The predicted octanol–water partition coefficient (Wildman–Crippen LogP) is 5.24. The van der Waals surface area contributed by atoms with Gasteiger partial charge in [0.15, 0.2) is 5.78 Å². The van der Waals surface area contributed by atoms with Gasteiger partial charge in [-0.3, -0.25) is 4.79 Å². The van der Waals surface area contributed by atoms with Gasteiger partial charge in [0.25, 0.3) is 0 Å². The van der Waals surface area contributed by atoms with E-state index < -0.39 is 0 Å². The highest BCUT2D eigenvalue weighted by molar-refractivity contribution is 6.35. The van der Waals surface area contributed by atoms with Crippen LogP contribution in [0.5, 0.6) is 0 Å². The van der Waals surface area contributed by atoms with Gasteiger partial charge in [-0.2, -0.15) is 0 Å². The summed E-state index contributed by atoms with van der Waals surface area (Å²) in [6, 6.07) is 13.1. The van der Waals surface area contributed by atoms with E-state index in [4.69, 9.17) is 23.2 Å². The molecule has 2 aromatic carbocycles. The third-order valence-electron chi connectivity index (χ3n) is 3.27. The summed E-state index contributed by atoms with van der Waals surface area (Å²) in [4.78, 5) is 11.5. The standard InChI is InChI=1S/C17H17Cl2NO/c1-2-17(21)13-4-7-15(8-5-13)20-10-9-12-3-6-14(18)11-16(12)19/h3-8,11,20H,2,9-10H2,1H3. The van der Waals surface area contributed by atoms with E-state index in [1.165, 1.54) is 0 Å². The van der Waals surface area contributed by atoms with Gasteiger partial charge in [0.05, 0.1) is 0 Å². The second-order valence-corrected chi connectivity index (χ2v) is 5.61. The van der Waals surface area contributed by atoms with E-state index in [0.717, 1.165) is 29.8 Å². The van der Waals surface area contributed by atoms with Crippen molar-refractivity contribution in [3.05, 3.63) is 63.6 Å². The number of Topliss-reactive ketones (excluding diaryl/α,β-unsaturated/α-hetero) is 1. The maximum Gasteiger partial charge on any atom is 0.162 e. The SMILES string of the molecule is CCC(=O)c1ccc(NCCc2ccc(Cl)cc2Cl)cc1. The van der Waals surface area contributed by atoms with Gasteiger partial charge in [-0.1, -0.05) is 36.2 Å². The summed E-state index contributed by atoms with van der Waals surface area (Å²) in [6.45, 7) is 2.63. The number of carbonyl (C=O) groups is 1. The maximum absolute atomic E-state index is 11.5. The quantitative estimate of drug-likeness (QED) is 0.737. The molecule has 0 spiro atoms. The van der Waals surface area contributed by atoms with E-state index in [-0.39, 0.29) is 5.78 Å². The number of halogens is 2. The van der Waals surface area contributed by atoms with E-state index in [1.807, 2.05) is 43.3 Å². The molecule has 0 aliphatic heterocycles. The van der Waals surface area contributed by atoms with Crippen LogP contribution in [0.15, 0.2) is 42.5 Å². The van der Waals surface area contributed by atoms with Gasteiger partial charge in [-0.05, 0) is 48.4 Å². The lowest BCUT2D eigenvalue weighted by Gasteiger charge is -2.08. The molecule has 2 nitrogen and oxygen atoms in total. The van der Waals surface area contributed by atoms with Gasteiger partial charge in [0.1, 0.15) is 0 Å². The third-order valence-corrected chi connectivity index (χ3v) is 3.85. The van der Waals surface area contributed by atoms with Crippen LogP contribution in [0, 0.1) is 0 Å². The van der Waals surface area contributed by atoms with Crippen molar-refractivity contribution < 1.29 is 4.79 Å². The van der Waals surface area contributed by atoms with Gasteiger partial charge in [0.2, 0.25) is 0 Å². The zero-order chi connectivity index (χ0) is 15.2. The molecule has 2 rings (SSSR count). The summed E-state index contributed by atoms with van der Waals surface area (Å²) in [5.74, 6) is 0.162. The van der Waals surface area contributed by atoms with Crippen molar-refractivity contribution in [2.45, 2.75) is 19.8 Å². The topological polar surface area (TPSA) is 29.1 Å². The van der Waals surface area contributed by atoms with Crippen LogP contribution in [-0.2, 0) is 6.42 Å². The third kappa shape index (κ3) is 4.48. The van der Waals surface area contributed by atoms with Crippen molar-refractivity contribution in [1.82, 2.24) is 0 Å². The van der Waals surface area contributed by atoms with E-state index >= 15 is 0 Å². The van der Waals surface area contributed by atoms with Gasteiger partial charge < -0.3 is 5.32 Å².